The monoisotopic (exact) mass is 279 g/mol. The maximum atomic E-state index is 12.7. The molecule has 104 valence electrons. The van der Waals surface area contributed by atoms with Crippen LogP contribution in [0, 0.1) is 6.92 Å². The second-order valence-electron chi connectivity index (χ2n) is 4.90. The first-order valence-corrected chi connectivity index (χ1v) is 6.53. The van der Waals surface area contributed by atoms with Crippen molar-refractivity contribution in [3.05, 3.63) is 71.4 Å². The van der Waals surface area contributed by atoms with Gasteiger partial charge >= 0.3 is 5.97 Å². The standard InChI is InChI=1S/C17H13NO3/c1-11-6-8-12(9-7-11)16(19)18-14-5-3-2-4-13(14)10-15(18)17(20)21/h2-10H,1H3,(H,20,21). The number of hydrogen-bond donors (Lipinski definition) is 1. The van der Waals surface area contributed by atoms with Crippen LogP contribution in [0.4, 0.5) is 0 Å². The van der Waals surface area contributed by atoms with Gasteiger partial charge in [0, 0.05) is 10.9 Å². The number of fused-ring (bicyclic) bond motifs is 1. The summed E-state index contributed by atoms with van der Waals surface area (Å²) in [5.41, 5.74) is 2.08. The van der Waals surface area contributed by atoms with Crippen molar-refractivity contribution in [2.24, 2.45) is 0 Å². The molecule has 0 saturated heterocycles. The van der Waals surface area contributed by atoms with Crippen molar-refractivity contribution in [1.82, 2.24) is 4.57 Å². The minimum atomic E-state index is -1.12. The summed E-state index contributed by atoms with van der Waals surface area (Å²) >= 11 is 0. The van der Waals surface area contributed by atoms with Crippen molar-refractivity contribution < 1.29 is 14.7 Å². The summed E-state index contributed by atoms with van der Waals surface area (Å²) in [4.78, 5) is 24.1. The Labute approximate surface area is 121 Å². The molecule has 3 rings (SSSR count). The van der Waals surface area contributed by atoms with Gasteiger partial charge < -0.3 is 5.11 Å². The third-order valence-electron chi connectivity index (χ3n) is 3.43. The van der Waals surface area contributed by atoms with E-state index in [1.807, 2.05) is 25.1 Å². The maximum absolute atomic E-state index is 12.7. The van der Waals surface area contributed by atoms with Gasteiger partial charge in [0.05, 0.1) is 5.52 Å². The maximum Gasteiger partial charge on any atom is 0.353 e. The number of carboxylic acid groups (broad SMARTS) is 1. The van der Waals surface area contributed by atoms with E-state index < -0.39 is 5.97 Å². The van der Waals surface area contributed by atoms with E-state index >= 15 is 0 Å². The van der Waals surface area contributed by atoms with Gasteiger partial charge in [-0.25, -0.2) is 4.79 Å². The molecule has 0 aliphatic rings. The van der Waals surface area contributed by atoms with E-state index in [0.29, 0.717) is 11.1 Å². The molecule has 0 aliphatic heterocycles. The molecule has 0 fully saturated rings. The Morgan fingerprint density at radius 3 is 2.33 bits per heavy atom. The number of carboxylic acids is 1. The lowest BCUT2D eigenvalue weighted by Gasteiger charge is -2.07. The minimum absolute atomic E-state index is 0.0261. The summed E-state index contributed by atoms with van der Waals surface area (Å²) in [5.74, 6) is -1.46. The van der Waals surface area contributed by atoms with E-state index in [4.69, 9.17) is 0 Å². The highest BCUT2D eigenvalue weighted by molar-refractivity contribution is 6.07. The summed E-state index contributed by atoms with van der Waals surface area (Å²) in [7, 11) is 0. The summed E-state index contributed by atoms with van der Waals surface area (Å²) in [6, 6.07) is 15.7. The first-order chi connectivity index (χ1) is 10.1. The fourth-order valence-electron chi connectivity index (χ4n) is 2.36. The molecule has 21 heavy (non-hydrogen) atoms. The van der Waals surface area contributed by atoms with Gasteiger partial charge in [-0.1, -0.05) is 35.9 Å². The fourth-order valence-corrected chi connectivity index (χ4v) is 2.36. The molecule has 0 saturated carbocycles. The number of rotatable bonds is 2. The van der Waals surface area contributed by atoms with Gasteiger partial charge in [0.25, 0.3) is 5.91 Å². The molecule has 0 radical (unpaired) electrons. The third-order valence-corrected chi connectivity index (χ3v) is 3.43. The lowest BCUT2D eigenvalue weighted by atomic mass is 10.1. The Morgan fingerprint density at radius 1 is 1.00 bits per heavy atom. The zero-order valence-corrected chi connectivity index (χ0v) is 11.4. The summed E-state index contributed by atoms with van der Waals surface area (Å²) < 4.78 is 1.25. The largest absolute Gasteiger partial charge is 0.477 e. The molecule has 0 spiro atoms. The average molecular weight is 279 g/mol. The molecule has 0 amide bonds. The van der Waals surface area contributed by atoms with E-state index in [1.165, 1.54) is 10.6 Å². The SMILES string of the molecule is Cc1ccc(C(=O)n2c(C(=O)O)cc3ccccc32)cc1. The van der Waals surface area contributed by atoms with Crippen molar-refractivity contribution in [2.45, 2.75) is 6.92 Å². The van der Waals surface area contributed by atoms with Crippen molar-refractivity contribution in [2.75, 3.05) is 0 Å². The lowest BCUT2D eigenvalue weighted by molar-refractivity contribution is 0.0677. The molecule has 0 bridgehead atoms. The summed E-state index contributed by atoms with van der Waals surface area (Å²) in [6.07, 6.45) is 0. The molecule has 3 aromatic rings. The van der Waals surface area contributed by atoms with Crippen LogP contribution in [0.15, 0.2) is 54.6 Å². The Bertz CT molecular complexity index is 844. The highest BCUT2D eigenvalue weighted by Gasteiger charge is 2.20. The zero-order valence-electron chi connectivity index (χ0n) is 11.4. The number of benzene rings is 2. The predicted octanol–water partition coefficient (Wildman–Crippen LogP) is 3.34. The van der Waals surface area contributed by atoms with E-state index in [9.17, 15) is 14.7 Å². The lowest BCUT2D eigenvalue weighted by Crippen LogP contribution is -2.17. The molecule has 4 heteroatoms. The van der Waals surface area contributed by atoms with Crippen LogP contribution in [0.1, 0.15) is 26.4 Å². The Balaban J connectivity index is 2.23. The predicted molar refractivity (Wildman–Crippen MR) is 79.8 cm³/mol. The van der Waals surface area contributed by atoms with Gasteiger partial charge in [0.2, 0.25) is 0 Å². The second-order valence-corrected chi connectivity index (χ2v) is 4.90. The number of aryl methyl sites for hydroxylation is 1. The number of para-hydroxylation sites is 1. The molecule has 4 nitrogen and oxygen atoms in total. The van der Waals surface area contributed by atoms with Crippen molar-refractivity contribution >= 4 is 22.8 Å². The summed E-state index contributed by atoms with van der Waals surface area (Å²) in [6.45, 7) is 1.93. The molecule has 1 N–H and O–H groups in total. The van der Waals surface area contributed by atoms with Crippen LogP contribution in [0.3, 0.4) is 0 Å². The zero-order chi connectivity index (χ0) is 15.0. The van der Waals surface area contributed by atoms with Crippen LogP contribution in [-0.2, 0) is 0 Å². The van der Waals surface area contributed by atoms with Gasteiger partial charge in [-0.2, -0.15) is 0 Å². The van der Waals surface area contributed by atoms with Gasteiger partial charge in [0.1, 0.15) is 5.69 Å². The van der Waals surface area contributed by atoms with Gasteiger partial charge in [-0.3, -0.25) is 9.36 Å². The van der Waals surface area contributed by atoms with E-state index in [0.717, 1.165) is 10.9 Å². The van der Waals surface area contributed by atoms with Gasteiger partial charge in [-0.05, 0) is 31.2 Å². The van der Waals surface area contributed by atoms with Crippen LogP contribution in [0.5, 0.6) is 0 Å². The Kier molecular flexibility index (Phi) is 3.06. The van der Waals surface area contributed by atoms with E-state index in [1.54, 1.807) is 30.3 Å². The number of carbonyl (C=O) groups excluding carboxylic acids is 1. The van der Waals surface area contributed by atoms with Crippen molar-refractivity contribution in [3.63, 3.8) is 0 Å². The number of aromatic carboxylic acids is 1. The van der Waals surface area contributed by atoms with E-state index in [2.05, 4.69) is 0 Å². The van der Waals surface area contributed by atoms with Crippen molar-refractivity contribution in [1.29, 1.82) is 0 Å². The third kappa shape index (κ3) is 2.21. The highest BCUT2D eigenvalue weighted by Crippen LogP contribution is 2.21. The fraction of sp³-hybridized carbons (Fsp3) is 0.0588. The molecule has 1 heterocycles. The van der Waals surface area contributed by atoms with Crippen LogP contribution in [-0.4, -0.2) is 21.6 Å². The Morgan fingerprint density at radius 2 is 1.67 bits per heavy atom. The molecular formula is C17H13NO3. The number of aromatic nitrogens is 1. The van der Waals surface area contributed by atoms with Crippen molar-refractivity contribution in [3.8, 4) is 0 Å². The minimum Gasteiger partial charge on any atom is -0.477 e. The Hall–Kier alpha value is -2.88. The topological polar surface area (TPSA) is 59.3 Å². The smallest absolute Gasteiger partial charge is 0.353 e. The van der Waals surface area contributed by atoms with Crippen LogP contribution >= 0.6 is 0 Å². The normalized spacial score (nSPS) is 10.7. The van der Waals surface area contributed by atoms with Crippen LogP contribution < -0.4 is 0 Å². The molecule has 1 aromatic heterocycles. The van der Waals surface area contributed by atoms with E-state index in [-0.39, 0.29) is 11.6 Å². The molecule has 0 unspecified atom stereocenters. The first-order valence-electron chi connectivity index (χ1n) is 6.53. The van der Waals surface area contributed by atoms with Crippen LogP contribution in [0.2, 0.25) is 0 Å². The summed E-state index contributed by atoms with van der Waals surface area (Å²) in [5, 5.41) is 10.1. The van der Waals surface area contributed by atoms with Gasteiger partial charge in [0.15, 0.2) is 0 Å². The molecule has 0 atom stereocenters. The number of carbonyl (C=O) groups is 2. The van der Waals surface area contributed by atoms with Gasteiger partial charge in [-0.15, -0.1) is 0 Å². The van der Waals surface area contributed by atoms with Crippen LogP contribution in [0.25, 0.3) is 10.9 Å². The average Bonchev–Trinajstić information content (AvgIpc) is 2.87. The quantitative estimate of drug-likeness (QED) is 0.782. The molecular weight excluding hydrogens is 266 g/mol. The number of hydrogen-bond acceptors (Lipinski definition) is 2. The highest BCUT2D eigenvalue weighted by atomic mass is 16.4. The molecule has 2 aromatic carbocycles. The molecule has 0 aliphatic carbocycles. The first kappa shape index (κ1) is 13.1. The second kappa shape index (κ2) is 4.90. The number of nitrogens with zero attached hydrogens (tertiary/aromatic N) is 1.